The molecule has 8 aromatic rings. The molecular formula is C35H21N5O. The highest BCUT2D eigenvalue weighted by Crippen LogP contribution is 2.31. The number of furan rings is 1. The molecule has 0 N–H and O–H groups in total. The summed E-state index contributed by atoms with van der Waals surface area (Å²) in [6.07, 6.45) is 1.87. The smallest absolute Gasteiger partial charge is 0.227 e. The van der Waals surface area contributed by atoms with Gasteiger partial charge in [-0.1, -0.05) is 91.0 Å². The van der Waals surface area contributed by atoms with Crippen LogP contribution in [0, 0.1) is 0 Å². The number of hydrogen-bond donors (Lipinski definition) is 0. The zero-order valence-electron chi connectivity index (χ0n) is 21.8. The van der Waals surface area contributed by atoms with E-state index in [1.165, 1.54) is 0 Å². The summed E-state index contributed by atoms with van der Waals surface area (Å²) in [6.45, 7) is 0. The maximum Gasteiger partial charge on any atom is 0.227 e. The van der Waals surface area contributed by atoms with Crippen LogP contribution >= 0.6 is 0 Å². The van der Waals surface area contributed by atoms with Crippen molar-refractivity contribution in [3.05, 3.63) is 128 Å². The second-order valence-electron chi connectivity index (χ2n) is 9.82. The fraction of sp³-hybridized carbons (Fsp3) is 0. The van der Waals surface area contributed by atoms with Crippen LogP contribution in [0.25, 0.3) is 78.4 Å². The average molecular weight is 528 g/mol. The van der Waals surface area contributed by atoms with Gasteiger partial charge < -0.3 is 4.42 Å². The van der Waals surface area contributed by atoms with E-state index in [9.17, 15) is 0 Å². The zero-order valence-corrected chi connectivity index (χ0v) is 21.8. The van der Waals surface area contributed by atoms with Gasteiger partial charge >= 0.3 is 0 Å². The molecule has 192 valence electrons. The molecule has 0 aliphatic carbocycles. The minimum atomic E-state index is 0.603. The Labute approximate surface area is 235 Å². The predicted octanol–water partition coefficient (Wildman–Crippen LogP) is 8.38. The van der Waals surface area contributed by atoms with Crippen molar-refractivity contribution >= 4 is 32.8 Å². The molecule has 0 atom stereocenters. The van der Waals surface area contributed by atoms with Crippen molar-refractivity contribution in [1.82, 2.24) is 24.9 Å². The third-order valence-electron chi connectivity index (χ3n) is 7.19. The Hall–Kier alpha value is -5.75. The maximum absolute atomic E-state index is 6.01. The molecule has 0 radical (unpaired) electrons. The number of para-hydroxylation sites is 1. The van der Waals surface area contributed by atoms with Crippen LogP contribution in [0.2, 0.25) is 0 Å². The number of benzene rings is 4. The van der Waals surface area contributed by atoms with Crippen molar-refractivity contribution in [3.8, 4) is 45.6 Å². The fourth-order valence-electron chi connectivity index (χ4n) is 5.11. The second kappa shape index (κ2) is 9.47. The number of nitrogens with zero attached hydrogens (tertiary/aromatic N) is 5. The van der Waals surface area contributed by atoms with Crippen molar-refractivity contribution in [2.45, 2.75) is 0 Å². The molecule has 0 saturated carbocycles. The molecule has 4 aromatic heterocycles. The Morgan fingerprint density at radius 2 is 1.10 bits per heavy atom. The van der Waals surface area contributed by atoms with Crippen LogP contribution in [0.15, 0.2) is 132 Å². The third kappa shape index (κ3) is 4.19. The molecule has 0 aliphatic heterocycles. The van der Waals surface area contributed by atoms with Gasteiger partial charge in [-0.2, -0.15) is 0 Å². The van der Waals surface area contributed by atoms with Gasteiger partial charge in [0.25, 0.3) is 0 Å². The molecule has 0 spiro atoms. The molecule has 0 amide bonds. The molecule has 0 fully saturated rings. The molecule has 6 nitrogen and oxygen atoms in total. The van der Waals surface area contributed by atoms with E-state index in [0.29, 0.717) is 23.2 Å². The van der Waals surface area contributed by atoms with E-state index in [-0.39, 0.29) is 0 Å². The van der Waals surface area contributed by atoms with Crippen LogP contribution in [0.5, 0.6) is 0 Å². The van der Waals surface area contributed by atoms with Gasteiger partial charge in [-0.25, -0.2) is 19.9 Å². The van der Waals surface area contributed by atoms with Crippen LogP contribution in [0.3, 0.4) is 0 Å². The SMILES string of the molecule is c1ccc(-c2nc(-c3ccccc3)nc(-c3ccc4cnc(-c5ccc6c(n5)oc5ccccc56)cc4c3)n2)cc1. The van der Waals surface area contributed by atoms with E-state index in [4.69, 9.17) is 29.3 Å². The number of fused-ring (bicyclic) bond motifs is 4. The van der Waals surface area contributed by atoms with Crippen LogP contribution in [0.4, 0.5) is 0 Å². The van der Waals surface area contributed by atoms with Crippen LogP contribution in [0.1, 0.15) is 0 Å². The largest absolute Gasteiger partial charge is 0.438 e. The standard InChI is InChI=1S/C35H21N5O/c1-3-9-22(10-4-1)32-38-33(23-11-5-2-6-12-23)40-34(39-32)24-15-16-25-21-36-30(20-26(25)19-24)29-18-17-28-27-13-7-8-14-31(27)41-35(28)37-29/h1-21H. The predicted molar refractivity (Wildman–Crippen MR) is 162 cm³/mol. The highest BCUT2D eigenvalue weighted by atomic mass is 16.3. The van der Waals surface area contributed by atoms with E-state index in [2.05, 4.69) is 6.07 Å². The second-order valence-corrected chi connectivity index (χ2v) is 9.82. The lowest BCUT2D eigenvalue weighted by Crippen LogP contribution is -2.00. The summed E-state index contributed by atoms with van der Waals surface area (Å²) in [5.41, 5.74) is 5.72. The number of hydrogen-bond acceptors (Lipinski definition) is 6. The first kappa shape index (κ1) is 23.2. The number of rotatable bonds is 4. The Morgan fingerprint density at radius 1 is 0.439 bits per heavy atom. The van der Waals surface area contributed by atoms with Crippen molar-refractivity contribution in [3.63, 3.8) is 0 Å². The third-order valence-corrected chi connectivity index (χ3v) is 7.19. The molecule has 4 heterocycles. The van der Waals surface area contributed by atoms with E-state index in [0.717, 1.165) is 55.2 Å². The molecule has 0 saturated heterocycles. The number of aromatic nitrogens is 5. The van der Waals surface area contributed by atoms with E-state index in [1.807, 2.05) is 121 Å². The molecule has 4 aromatic carbocycles. The van der Waals surface area contributed by atoms with Gasteiger partial charge in [0.1, 0.15) is 5.58 Å². The molecular weight excluding hydrogens is 506 g/mol. The summed E-state index contributed by atoms with van der Waals surface area (Å²) >= 11 is 0. The molecule has 0 bridgehead atoms. The summed E-state index contributed by atoms with van der Waals surface area (Å²) in [5.74, 6) is 1.88. The summed E-state index contributed by atoms with van der Waals surface area (Å²) in [6, 6.07) is 40.2. The average Bonchev–Trinajstić information content (AvgIpc) is 3.43. The molecule has 6 heteroatoms. The van der Waals surface area contributed by atoms with Gasteiger partial charge in [0, 0.05) is 39.0 Å². The molecule has 0 aliphatic rings. The highest BCUT2D eigenvalue weighted by molar-refractivity contribution is 6.04. The summed E-state index contributed by atoms with van der Waals surface area (Å²) in [4.78, 5) is 24.1. The Morgan fingerprint density at radius 3 is 1.83 bits per heavy atom. The monoisotopic (exact) mass is 527 g/mol. The quantitative estimate of drug-likeness (QED) is 0.229. The van der Waals surface area contributed by atoms with Crippen molar-refractivity contribution in [2.24, 2.45) is 0 Å². The molecule has 41 heavy (non-hydrogen) atoms. The van der Waals surface area contributed by atoms with Crippen molar-refractivity contribution in [1.29, 1.82) is 0 Å². The number of pyridine rings is 2. The van der Waals surface area contributed by atoms with Gasteiger partial charge in [-0.3, -0.25) is 4.98 Å². The van der Waals surface area contributed by atoms with Gasteiger partial charge in [-0.15, -0.1) is 0 Å². The van der Waals surface area contributed by atoms with Crippen molar-refractivity contribution in [2.75, 3.05) is 0 Å². The topological polar surface area (TPSA) is 77.6 Å². The minimum absolute atomic E-state index is 0.603. The zero-order chi connectivity index (χ0) is 27.2. The first-order valence-corrected chi connectivity index (χ1v) is 13.3. The van der Waals surface area contributed by atoms with E-state index < -0.39 is 0 Å². The lowest BCUT2D eigenvalue weighted by atomic mass is 10.1. The van der Waals surface area contributed by atoms with Gasteiger partial charge in [0.15, 0.2) is 17.5 Å². The van der Waals surface area contributed by atoms with Crippen molar-refractivity contribution < 1.29 is 4.42 Å². The fourth-order valence-corrected chi connectivity index (χ4v) is 5.11. The molecule has 8 rings (SSSR count). The normalized spacial score (nSPS) is 11.4. The van der Waals surface area contributed by atoms with E-state index in [1.54, 1.807) is 0 Å². The Kier molecular flexibility index (Phi) is 5.35. The lowest BCUT2D eigenvalue weighted by molar-refractivity contribution is 0.654. The lowest BCUT2D eigenvalue weighted by Gasteiger charge is -2.09. The Balaban J connectivity index is 1.24. The van der Waals surface area contributed by atoms with Crippen LogP contribution < -0.4 is 0 Å². The summed E-state index contributed by atoms with van der Waals surface area (Å²) in [5, 5.41) is 4.08. The van der Waals surface area contributed by atoms with Gasteiger partial charge in [0.2, 0.25) is 5.71 Å². The summed E-state index contributed by atoms with van der Waals surface area (Å²) in [7, 11) is 0. The van der Waals surface area contributed by atoms with Gasteiger partial charge in [-0.05, 0) is 35.7 Å². The first-order valence-electron chi connectivity index (χ1n) is 13.3. The highest BCUT2D eigenvalue weighted by Gasteiger charge is 2.14. The first-order chi connectivity index (χ1) is 20.3. The minimum Gasteiger partial charge on any atom is -0.438 e. The van der Waals surface area contributed by atoms with Crippen LogP contribution in [-0.4, -0.2) is 24.9 Å². The molecule has 0 unspecified atom stereocenters. The maximum atomic E-state index is 6.01. The van der Waals surface area contributed by atoms with E-state index >= 15 is 0 Å². The summed E-state index contributed by atoms with van der Waals surface area (Å²) < 4.78 is 6.01. The van der Waals surface area contributed by atoms with Gasteiger partial charge in [0.05, 0.1) is 11.4 Å². The van der Waals surface area contributed by atoms with Crippen LogP contribution in [-0.2, 0) is 0 Å². The Bertz CT molecular complexity index is 2150.